The van der Waals surface area contributed by atoms with Crippen LogP contribution in [0.1, 0.15) is 5.56 Å². The van der Waals surface area contributed by atoms with Crippen LogP contribution in [-0.4, -0.2) is 24.7 Å². The van der Waals surface area contributed by atoms with Crippen molar-refractivity contribution in [1.82, 2.24) is 4.98 Å². The first kappa shape index (κ1) is 10.7. The van der Waals surface area contributed by atoms with Crippen molar-refractivity contribution in [3.8, 4) is 0 Å². The van der Waals surface area contributed by atoms with Gasteiger partial charge in [0, 0.05) is 23.5 Å². The summed E-state index contributed by atoms with van der Waals surface area (Å²) in [5.41, 5.74) is 8.36. The van der Waals surface area contributed by atoms with Gasteiger partial charge in [0.15, 0.2) is 0 Å². The summed E-state index contributed by atoms with van der Waals surface area (Å²) in [5.74, 6) is 0. The van der Waals surface area contributed by atoms with Crippen LogP contribution in [0.15, 0.2) is 36.5 Å². The van der Waals surface area contributed by atoms with Crippen LogP contribution in [0.2, 0.25) is 0 Å². The van der Waals surface area contributed by atoms with Crippen molar-refractivity contribution in [2.45, 2.75) is 6.42 Å². The van der Waals surface area contributed by atoms with E-state index in [2.05, 4.69) is 29.2 Å². The second-order valence-corrected chi connectivity index (χ2v) is 4.90. The minimum Gasteiger partial charge on any atom is -0.380 e. The molecule has 0 amide bonds. The molecule has 0 bridgehead atoms. The molecule has 0 atom stereocenters. The van der Waals surface area contributed by atoms with Gasteiger partial charge in [0.1, 0.15) is 0 Å². The maximum atomic E-state index is 5.84. The maximum Gasteiger partial charge on any atom is 0.0702 e. The highest BCUT2D eigenvalue weighted by Crippen LogP contribution is 2.31. The quantitative estimate of drug-likeness (QED) is 0.870. The maximum absolute atomic E-state index is 5.84. The summed E-state index contributed by atoms with van der Waals surface area (Å²) in [6, 6.07) is 10.5. The molecular formula is C14H16N2O. The van der Waals surface area contributed by atoms with Crippen LogP contribution in [0.5, 0.6) is 0 Å². The molecule has 0 spiro atoms. The van der Waals surface area contributed by atoms with Crippen LogP contribution in [0.25, 0.3) is 10.9 Å². The predicted octanol–water partition coefficient (Wildman–Crippen LogP) is 1.75. The van der Waals surface area contributed by atoms with Gasteiger partial charge in [-0.25, -0.2) is 0 Å². The molecule has 3 heteroatoms. The zero-order valence-corrected chi connectivity index (χ0v) is 9.73. The Hall–Kier alpha value is -1.45. The molecule has 1 saturated heterocycles. The summed E-state index contributed by atoms with van der Waals surface area (Å²) >= 11 is 0. The fourth-order valence-electron chi connectivity index (χ4n) is 2.35. The Kier molecular flexibility index (Phi) is 2.57. The highest BCUT2D eigenvalue weighted by molar-refractivity contribution is 5.78. The summed E-state index contributed by atoms with van der Waals surface area (Å²) in [6.45, 7) is 2.27. The lowest BCUT2D eigenvalue weighted by Crippen LogP contribution is -2.49. The van der Waals surface area contributed by atoms with Gasteiger partial charge in [-0.3, -0.25) is 4.98 Å². The molecule has 1 aliphatic rings. The number of aromatic nitrogens is 1. The number of hydrogen-bond donors (Lipinski definition) is 1. The molecule has 1 fully saturated rings. The number of fused-ring (bicyclic) bond motifs is 1. The zero-order valence-electron chi connectivity index (χ0n) is 9.73. The van der Waals surface area contributed by atoms with Crippen molar-refractivity contribution < 1.29 is 4.74 Å². The van der Waals surface area contributed by atoms with E-state index >= 15 is 0 Å². The first-order valence-electron chi connectivity index (χ1n) is 5.93. The molecule has 0 saturated carbocycles. The lowest BCUT2D eigenvalue weighted by atomic mass is 9.80. The standard InChI is InChI=1S/C14H16N2O/c15-8-14(9-17-10-14)7-11-3-4-13-12(6-11)2-1-5-16-13/h1-6H,7-10,15H2. The molecule has 2 aromatic rings. The first-order valence-corrected chi connectivity index (χ1v) is 5.93. The molecule has 0 aliphatic carbocycles. The monoisotopic (exact) mass is 228 g/mol. The van der Waals surface area contributed by atoms with E-state index in [0.29, 0.717) is 6.54 Å². The van der Waals surface area contributed by atoms with Gasteiger partial charge in [0.05, 0.1) is 18.7 Å². The largest absolute Gasteiger partial charge is 0.380 e. The number of nitrogens with two attached hydrogens (primary N) is 1. The minimum absolute atomic E-state index is 0.163. The SMILES string of the molecule is NCC1(Cc2ccc3ncccc3c2)COC1. The molecule has 0 unspecified atom stereocenters. The Labute approximate surface area is 101 Å². The topological polar surface area (TPSA) is 48.1 Å². The Balaban J connectivity index is 1.90. The fraction of sp³-hybridized carbons (Fsp3) is 0.357. The summed E-state index contributed by atoms with van der Waals surface area (Å²) in [6.07, 6.45) is 2.82. The molecular weight excluding hydrogens is 212 g/mol. The molecule has 3 rings (SSSR count). The molecule has 2 N–H and O–H groups in total. The normalized spacial score (nSPS) is 17.9. The summed E-state index contributed by atoms with van der Waals surface area (Å²) < 4.78 is 5.30. The third-order valence-corrected chi connectivity index (χ3v) is 3.50. The smallest absolute Gasteiger partial charge is 0.0702 e. The number of nitrogens with zero attached hydrogens (tertiary/aromatic N) is 1. The van der Waals surface area contributed by atoms with E-state index in [1.165, 1.54) is 10.9 Å². The lowest BCUT2D eigenvalue weighted by Gasteiger charge is -2.40. The molecule has 3 nitrogen and oxygen atoms in total. The van der Waals surface area contributed by atoms with Gasteiger partial charge >= 0.3 is 0 Å². The number of hydrogen-bond acceptors (Lipinski definition) is 3. The van der Waals surface area contributed by atoms with Gasteiger partial charge in [0.25, 0.3) is 0 Å². The van der Waals surface area contributed by atoms with Crippen molar-refractivity contribution in [2.24, 2.45) is 11.1 Å². The van der Waals surface area contributed by atoms with Crippen molar-refractivity contribution >= 4 is 10.9 Å². The van der Waals surface area contributed by atoms with Crippen molar-refractivity contribution in [2.75, 3.05) is 19.8 Å². The number of ether oxygens (including phenoxy) is 1. The van der Waals surface area contributed by atoms with Gasteiger partial charge in [-0.15, -0.1) is 0 Å². The second-order valence-electron chi connectivity index (χ2n) is 4.90. The molecule has 1 aromatic carbocycles. The van der Waals surface area contributed by atoms with Gasteiger partial charge in [0.2, 0.25) is 0 Å². The first-order chi connectivity index (χ1) is 8.31. The van der Waals surface area contributed by atoms with E-state index in [0.717, 1.165) is 25.2 Å². The van der Waals surface area contributed by atoms with Crippen LogP contribution in [0.3, 0.4) is 0 Å². The van der Waals surface area contributed by atoms with E-state index in [4.69, 9.17) is 10.5 Å². The highest BCUT2D eigenvalue weighted by atomic mass is 16.5. The minimum atomic E-state index is 0.163. The Morgan fingerprint density at radius 2 is 2.18 bits per heavy atom. The van der Waals surface area contributed by atoms with Crippen LogP contribution < -0.4 is 5.73 Å². The Morgan fingerprint density at radius 3 is 2.88 bits per heavy atom. The van der Waals surface area contributed by atoms with E-state index in [9.17, 15) is 0 Å². The molecule has 1 aliphatic heterocycles. The van der Waals surface area contributed by atoms with E-state index in [-0.39, 0.29) is 5.41 Å². The lowest BCUT2D eigenvalue weighted by molar-refractivity contribution is -0.106. The molecule has 17 heavy (non-hydrogen) atoms. The molecule has 1 aromatic heterocycles. The molecule has 2 heterocycles. The number of benzene rings is 1. The van der Waals surface area contributed by atoms with Gasteiger partial charge in [-0.1, -0.05) is 12.1 Å². The van der Waals surface area contributed by atoms with Gasteiger partial charge in [-0.05, 0) is 30.2 Å². The number of pyridine rings is 1. The van der Waals surface area contributed by atoms with Crippen molar-refractivity contribution in [3.05, 3.63) is 42.1 Å². The van der Waals surface area contributed by atoms with Crippen LogP contribution in [-0.2, 0) is 11.2 Å². The Bertz CT molecular complexity index is 529. The average molecular weight is 228 g/mol. The fourth-order valence-corrected chi connectivity index (χ4v) is 2.35. The van der Waals surface area contributed by atoms with Gasteiger partial charge < -0.3 is 10.5 Å². The van der Waals surface area contributed by atoms with Gasteiger partial charge in [-0.2, -0.15) is 0 Å². The predicted molar refractivity (Wildman–Crippen MR) is 67.8 cm³/mol. The average Bonchev–Trinajstić information content (AvgIpc) is 2.34. The summed E-state index contributed by atoms with van der Waals surface area (Å²) in [7, 11) is 0. The summed E-state index contributed by atoms with van der Waals surface area (Å²) in [5, 5.41) is 1.19. The Morgan fingerprint density at radius 1 is 1.29 bits per heavy atom. The van der Waals surface area contributed by atoms with E-state index < -0.39 is 0 Å². The van der Waals surface area contributed by atoms with Crippen LogP contribution in [0, 0.1) is 5.41 Å². The van der Waals surface area contributed by atoms with Crippen molar-refractivity contribution in [3.63, 3.8) is 0 Å². The van der Waals surface area contributed by atoms with Crippen molar-refractivity contribution in [1.29, 1.82) is 0 Å². The third-order valence-electron chi connectivity index (χ3n) is 3.50. The number of rotatable bonds is 3. The zero-order chi connectivity index (χ0) is 11.7. The van der Waals surface area contributed by atoms with E-state index in [1.807, 2.05) is 12.3 Å². The third kappa shape index (κ3) is 1.92. The van der Waals surface area contributed by atoms with E-state index in [1.54, 1.807) is 0 Å². The second kappa shape index (κ2) is 4.09. The van der Waals surface area contributed by atoms with Crippen LogP contribution in [0.4, 0.5) is 0 Å². The highest BCUT2D eigenvalue weighted by Gasteiger charge is 2.37. The molecule has 0 radical (unpaired) electrons. The van der Waals surface area contributed by atoms with Crippen LogP contribution >= 0.6 is 0 Å². The summed E-state index contributed by atoms with van der Waals surface area (Å²) in [4.78, 5) is 4.32. The molecule has 88 valence electrons.